The number of nitriles is 1. The first-order chi connectivity index (χ1) is 17.2. The maximum atomic E-state index is 12.6. The lowest BCUT2D eigenvalue weighted by Crippen LogP contribution is -2.56. The van der Waals surface area contributed by atoms with Gasteiger partial charge in [0.1, 0.15) is 5.60 Å². The van der Waals surface area contributed by atoms with Gasteiger partial charge in [0.05, 0.1) is 6.16 Å². The van der Waals surface area contributed by atoms with E-state index in [2.05, 4.69) is 63.7 Å². The van der Waals surface area contributed by atoms with Gasteiger partial charge in [-0.15, -0.1) is 18.9 Å². The summed E-state index contributed by atoms with van der Waals surface area (Å²) in [6, 6.07) is 30.8. The van der Waals surface area contributed by atoms with E-state index in [9.17, 15) is 10.4 Å². The molecule has 2 bridgehead atoms. The van der Waals surface area contributed by atoms with Gasteiger partial charge in [-0.2, -0.15) is 0 Å². The fraction of sp³-hybridized carbons (Fsp3) is 0.406. The van der Waals surface area contributed by atoms with Crippen LogP contribution in [0, 0.1) is 34.4 Å². The zero-order valence-electron chi connectivity index (χ0n) is 22.0. The van der Waals surface area contributed by atoms with Crippen molar-refractivity contribution in [3.8, 4) is 5.97 Å². The summed E-state index contributed by atoms with van der Waals surface area (Å²) >= 11 is 0. The molecule has 0 saturated heterocycles. The SMILES string of the molecule is C[C@@H]1[C@H]2C[C@@H](C[C@H]1[B-](C#N)[P+](C)(CC(O)(c1ccccc1)c1ccccc1)c1ccccc1)C2(C)C. The van der Waals surface area contributed by atoms with E-state index in [4.69, 9.17) is 0 Å². The average molecular weight is 494 g/mol. The number of fused-ring (bicyclic) bond motifs is 2. The number of nitrogens with zero attached hydrogens (tertiary/aromatic N) is 1. The highest BCUT2D eigenvalue weighted by atomic mass is 31.2. The molecule has 3 aliphatic carbocycles. The summed E-state index contributed by atoms with van der Waals surface area (Å²) in [6.45, 7) is 9.59. The van der Waals surface area contributed by atoms with Crippen LogP contribution < -0.4 is 5.30 Å². The summed E-state index contributed by atoms with van der Waals surface area (Å²) in [7, 11) is -2.15. The van der Waals surface area contributed by atoms with Crippen molar-refractivity contribution in [1.29, 1.82) is 5.26 Å². The Bertz CT molecular complexity index is 1190. The standard InChI is InChI=1S/C32H38BNOP/c1-24-29-20-27(31(29,2)3)21-30(24)33(23-34)36(4,28-18-12-7-13-19-28)22-32(35,25-14-8-5-9-15-25)26-16-10-6-11-17-26/h5-19,24,27,29-30,35H,20-22H2,1-4H3/t24-,27+,29-,30-,36?/m1/s1. The van der Waals surface area contributed by atoms with Gasteiger partial charge < -0.3 is 5.11 Å². The molecule has 0 heterocycles. The zero-order chi connectivity index (χ0) is 25.6. The first-order valence-electron chi connectivity index (χ1n) is 13.4. The smallest absolute Gasteiger partial charge is 0.196 e. The summed E-state index contributed by atoms with van der Waals surface area (Å²) in [5, 5.41) is 24.7. The Morgan fingerprint density at radius 3 is 1.86 bits per heavy atom. The van der Waals surface area contributed by atoms with Gasteiger partial charge in [0.2, 0.25) is 0 Å². The van der Waals surface area contributed by atoms with Crippen molar-refractivity contribution in [3.05, 3.63) is 102 Å². The third-order valence-electron chi connectivity index (χ3n) is 9.97. The molecule has 0 amide bonds. The maximum absolute atomic E-state index is 12.6. The largest absolute Gasteiger partial charge is 0.377 e. The van der Waals surface area contributed by atoms with Crippen LogP contribution in [-0.2, 0) is 5.60 Å². The molecule has 4 heteroatoms. The van der Waals surface area contributed by atoms with E-state index in [1.807, 2.05) is 60.7 Å². The van der Waals surface area contributed by atoms with Crippen LogP contribution >= 0.6 is 7.14 Å². The highest BCUT2D eigenvalue weighted by molar-refractivity contribution is 8.10. The van der Waals surface area contributed by atoms with Crippen molar-refractivity contribution in [2.24, 2.45) is 23.2 Å². The molecule has 0 aromatic heterocycles. The van der Waals surface area contributed by atoms with Crippen molar-refractivity contribution < 1.29 is 5.11 Å². The fourth-order valence-electron chi connectivity index (χ4n) is 7.62. The van der Waals surface area contributed by atoms with Crippen LogP contribution in [0.3, 0.4) is 0 Å². The van der Waals surface area contributed by atoms with Crippen LogP contribution in [0.25, 0.3) is 0 Å². The van der Waals surface area contributed by atoms with Crippen molar-refractivity contribution in [1.82, 2.24) is 0 Å². The van der Waals surface area contributed by atoms with E-state index < -0.39 is 12.7 Å². The number of hydrogen-bond donors (Lipinski definition) is 1. The molecule has 185 valence electrons. The van der Waals surface area contributed by atoms with E-state index in [1.165, 1.54) is 11.7 Å². The van der Waals surface area contributed by atoms with Crippen molar-refractivity contribution in [2.75, 3.05) is 12.8 Å². The minimum absolute atomic E-state index is 0.0877. The molecule has 6 rings (SSSR count). The summed E-state index contributed by atoms with van der Waals surface area (Å²) in [6.07, 6.45) is 2.90. The molecule has 1 N–H and O–H groups in total. The van der Waals surface area contributed by atoms with E-state index in [1.54, 1.807) is 0 Å². The molecule has 3 fully saturated rings. The highest BCUT2D eigenvalue weighted by Crippen LogP contribution is 2.71. The highest BCUT2D eigenvalue weighted by Gasteiger charge is 2.58. The Balaban J connectivity index is 1.63. The Kier molecular flexibility index (Phi) is 6.65. The molecule has 5 atom stereocenters. The van der Waals surface area contributed by atoms with Gasteiger partial charge in [-0.05, 0) is 46.9 Å². The molecule has 0 aliphatic heterocycles. The van der Waals surface area contributed by atoms with Crippen LogP contribution in [-0.4, -0.2) is 24.4 Å². The quantitative estimate of drug-likeness (QED) is 0.283. The van der Waals surface area contributed by atoms with Crippen LogP contribution in [0.4, 0.5) is 0 Å². The zero-order valence-corrected chi connectivity index (χ0v) is 22.9. The summed E-state index contributed by atoms with van der Waals surface area (Å²) in [5.41, 5.74) is 1.01. The molecule has 3 aliphatic rings. The van der Waals surface area contributed by atoms with Gasteiger partial charge in [-0.1, -0.05) is 112 Å². The second-order valence-corrected chi connectivity index (χ2v) is 16.0. The van der Waals surface area contributed by atoms with Crippen LogP contribution in [0.1, 0.15) is 44.7 Å². The van der Waals surface area contributed by atoms with E-state index >= 15 is 0 Å². The van der Waals surface area contributed by atoms with Crippen LogP contribution in [0.15, 0.2) is 91.0 Å². The molecule has 3 aromatic carbocycles. The summed E-state index contributed by atoms with van der Waals surface area (Å²) < 4.78 is 0. The molecule has 36 heavy (non-hydrogen) atoms. The molecule has 3 saturated carbocycles. The second-order valence-electron chi connectivity index (χ2n) is 12.0. The predicted octanol–water partition coefficient (Wildman–Crippen LogP) is 7.02. The maximum Gasteiger partial charge on any atom is 0.196 e. The van der Waals surface area contributed by atoms with Gasteiger partial charge in [0.15, 0.2) is 6.43 Å². The van der Waals surface area contributed by atoms with Gasteiger partial charge in [-0.25, -0.2) is 5.26 Å². The topological polar surface area (TPSA) is 44.0 Å². The Morgan fingerprint density at radius 2 is 1.42 bits per heavy atom. The van der Waals surface area contributed by atoms with E-state index in [0.717, 1.165) is 17.5 Å². The normalized spacial score (nSPS) is 26.5. The number of rotatable bonds is 7. The molecule has 0 spiro atoms. The van der Waals surface area contributed by atoms with Gasteiger partial charge >= 0.3 is 0 Å². The van der Waals surface area contributed by atoms with Gasteiger partial charge in [0.25, 0.3) is 0 Å². The number of hydrogen-bond acceptors (Lipinski definition) is 2. The third-order valence-corrected chi connectivity index (χ3v) is 14.3. The van der Waals surface area contributed by atoms with E-state index in [0.29, 0.717) is 35.1 Å². The molecule has 1 unspecified atom stereocenters. The minimum atomic E-state index is -2.15. The number of benzene rings is 3. The first kappa shape index (κ1) is 25.3. The minimum Gasteiger partial charge on any atom is -0.377 e. The van der Waals surface area contributed by atoms with Crippen LogP contribution in [0.2, 0.25) is 5.82 Å². The molecule has 3 aromatic rings. The summed E-state index contributed by atoms with van der Waals surface area (Å²) in [4.78, 5) is 0. The Hall–Kier alpha value is -2.40. The van der Waals surface area contributed by atoms with Crippen LogP contribution in [0.5, 0.6) is 0 Å². The lowest BCUT2D eigenvalue weighted by atomic mass is 9.37. The van der Waals surface area contributed by atoms with E-state index in [-0.39, 0.29) is 6.43 Å². The van der Waals surface area contributed by atoms with Gasteiger partial charge in [-0.3, -0.25) is 0 Å². The molecule has 1 radical (unpaired) electrons. The first-order valence-corrected chi connectivity index (χ1v) is 15.8. The molecular weight excluding hydrogens is 456 g/mol. The monoisotopic (exact) mass is 494 g/mol. The molecule has 2 nitrogen and oxygen atoms in total. The van der Waals surface area contributed by atoms with Gasteiger partial charge in [0, 0.05) is 12.0 Å². The second kappa shape index (κ2) is 9.48. The predicted molar refractivity (Wildman–Crippen MR) is 154 cm³/mol. The Morgan fingerprint density at radius 1 is 0.917 bits per heavy atom. The average Bonchev–Trinajstić information content (AvgIpc) is 2.91. The Labute approximate surface area is 218 Å². The molecular formula is C32H38BNOP. The fourth-order valence-corrected chi connectivity index (χ4v) is 12.0. The number of aliphatic hydroxyl groups is 1. The van der Waals surface area contributed by atoms with Crippen molar-refractivity contribution >= 4 is 18.9 Å². The third kappa shape index (κ3) is 4.04. The van der Waals surface area contributed by atoms with Crippen molar-refractivity contribution in [2.45, 2.75) is 45.0 Å². The lowest BCUT2D eigenvalue weighted by Gasteiger charge is -2.65. The van der Waals surface area contributed by atoms with Crippen molar-refractivity contribution in [3.63, 3.8) is 0 Å². The summed E-state index contributed by atoms with van der Waals surface area (Å²) in [5.74, 6) is 5.13. The lowest BCUT2D eigenvalue weighted by molar-refractivity contribution is -0.0985.